The molecule has 2 amide bonds. The Morgan fingerprint density at radius 1 is 1.16 bits per heavy atom. The lowest BCUT2D eigenvalue weighted by atomic mass is 9.92. The molecule has 0 aliphatic carbocycles. The highest BCUT2D eigenvalue weighted by atomic mass is 19.1. The molecule has 0 spiro atoms. The molecule has 3 aromatic rings. The number of aromatic nitrogens is 2. The Kier molecular flexibility index (Phi) is 5.33. The maximum atomic E-state index is 13.1. The van der Waals surface area contributed by atoms with Gasteiger partial charge in [-0.25, -0.2) is 4.39 Å². The van der Waals surface area contributed by atoms with Gasteiger partial charge in [-0.15, -0.1) is 0 Å². The van der Waals surface area contributed by atoms with E-state index in [9.17, 15) is 28.9 Å². The van der Waals surface area contributed by atoms with Crippen LogP contribution in [0.5, 0.6) is 0 Å². The van der Waals surface area contributed by atoms with Crippen LogP contribution in [-0.2, 0) is 9.59 Å². The average Bonchev–Trinajstić information content (AvgIpc) is 2.74. The van der Waals surface area contributed by atoms with Gasteiger partial charge < -0.3 is 16.0 Å². The van der Waals surface area contributed by atoms with Gasteiger partial charge in [0.15, 0.2) is 0 Å². The monoisotopic (exact) mass is 438 g/mol. The lowest BCUT2D eigenvalue weighted by molar-refractivity contribution is -0.384. The maximum absolute atomic E-state index is 13.1. The third kappa shape index (κ3) is 4.28. The van der Waals surface area contributed by atoms with E-state index >= 15 is 0 Å². The third-order valence-electron chi connectivity index (χ3n) is 4.70. The average molecular weight is 438 g/mol. The Balaban J connectivity index is 1.62. The highest BCUT2D eigenvalue weighted by molar-refractivity contribution is 6.04. The molecule has 1 aliphatic rings. The van der Waals surface area contributed by atoms with Crippen molar-refractivity contribution >= 4 is 40.6 Å². The zero-order valence-corrected chi connectivity index (χ0v) is 16.2. The molecule has 11 nitrogen and oxygen atoms in total. The number of rotatable bonds is 5. The van der Waals surface area contributed by atoms with Crippen molar-refractivity contribution in [2.24, 2.45) is 0 Å². The highest BCUT2D eigenvalue weighted by Gasteiger charge is 2.35. The van der Waals surface area contributed by atoms with Crippen molar-refractivity contribution in [3.8, 4) is 0 Å². The number of hydrogen-bond acceptors (Lipinski definition) is 7. The van der Waals surface area contributed by atoms with Gasteiger partial charge in [-0.05, 0) is 30.3 Å². The predicted molar refractivity (Wildman–Crippen MR) is 112 cm³/mol. The van der Waals surface area contributed by atoms with Gasteiger partial charge in [-0.1, -0.05) is 6.07 Å². The third-order valence-corrected chi connectivity index (χ3v) is 4.70. The number of non-ortho nitro benzene ring substituents is 1. The van der Waals surface area contributed by atoms with Gasteiger partial charge >= 0.3 is 0 Å². The van der Waals surface area contributed by atoms with Crippen molar-refractivity contribution in [1.29, 1.82) is 0 Å². The van der Waals surface area contributed by atoms with Gasteiger partial charge in [-0.2, -0.15) is 4.98 Å². The van der Waals surface area contributed by atoms with E-state index in [1.54, 1.807) is 0 Å². The van der Waals surface area contributed by atoms with Crippen molar-refractivity contribution in [3.63, 3.8) is 0 Å². The van der Waals surface area contributed by atoms with Crippen molar-refractivity contribution < 1.29 is 18.9 Å². The summed E-state index contributed by atoms with van der Waals surface area (Å²) < 4.78 is 13.1. The smallest absolute Gasteiger partial charge is 0.271 e. The largest absolute Gasteiger partial charge is 0.326 e. The minimum Gasteiger partial charge on any atom is -0.326 e. The molecule has 0 saturated heterocycles. The quantitative estimate of drug-likeness (QED) is 0.352. The molecule has 4 rings (SSSR count). The molecule has 1 aromatic heterocycles. The number of aromatic amines is 1. The van der Waals surface area contributed by atoms with Crippen LogP contribution in [0.1, 0.15) is 17.9 Å². The fraction of sp³-hybridized carbons (Fsp3) is 0.100. The van der Waals surface area contributed by atoms with E-state index in [2.05, 4.69) is 25.9 Å². The molecule has 0 radical (unpaired) electrons. The van der Waals surface area contributed by atoms with Crippen LogP contribution in [0.3, 0.4) is 0 Å². The second-order valence-electron chi connectivity index (χ2n) is 6.91. The molecular weight excluding hydrogens is 423 g/mol. The Labute approximate surface area is 178 Å². The Hall–Kier alpha value is -4.61. The number of nitrogens with one attached hydrogen (secondary N) is 4. The molecule has 1 atom stereocenters. The van der Waals surface area contributed by atoms with Gasteiger partial charge in [0.25, 0.3) is 11.2 Å². The van der Waals surface area contributed by atoms with Gasteiger partial charge in [0.1, 0.15) is 11.6 Å². The zero-order chi connectivity index (χ0) is 22.8. The summed E-state index contributed by atoms with van der Waals surface area (Å²) in [6, 6.07) is 10.6. The van der Waals surface area contributed by atoms with Crippen LogP contribution >= 0.6 is 0 Å². The molecule has 0 unspecified atom stereocenters. The van der Waals surface area contributed by atoms with Gasteiger partial charge in [0, 0.05) is 29.9 Å². The molecule has 0 saturated carbocycles. The Bertz CT molecular complexity index is 1290. The lowest BCUT2D eigenvalue weighted by Gasteiger charge is -2.23. The maximum Gasteiger partial charge on any atom is 0.271 e. The number of halogens is 1. The Morgan fingerprint density at radius 2 is 1.91 bits per heavy atom. The first-order valence-corrected chi connectivity index (χ1v) is 9.32. The van der Waals surface area contributed by atoms with Crippen LogP contribution in [0.2, 0.25) is 0 Å². The molecule has 4 N–H and O–H groups in total. The summed E-state index contributed by atoms with van der Waals surface area (Å²) in [5.41, 5.74) is -0.330. The number of anilines is 4. The number of amides is 2. The molecule has 0 fully saturated rings. The number of nitrogens with zero attached hydrogens (tertiary/aromatic N) is 2. The number of nitro benzene ring substituents is 1. The summed E-state index contributed by atoms with van der Waals surface area (Å²) in [4.78, 5) is 54.7. The second kappa shape index (κ2) is 8.26. The van der Waals surface area contributed by atoms with E-state index < -0.39 is 34.0 Å². The first-order valence-electron chi connectivity index (χ1n) is 9.32. The van der Waals surface area contributed by atoms with E-state index in [4.69, 9.17) is 0 Å². The fourth-order valence-corrected chi connectivity index (χ4v) is 3.25. The van der Waals surface area contributed by atoms with E-state index in [-0.39, 0.29) is 35.1 Å². The minimum atomic E-state index is -1.16. The summed E-state index contributed by atoms with van der Waals surface area (Å²) in [5.74, 6) is -2.91. The minimum absolute atomic E-state index is 0.0135. The van der Waals surface area contributed by atoms with Crippen LogP contribution in [-0.4, -0.2) is 26.7 Å². The molecule has 0 bridgehead atoms. The molecule has 1 aliphatic heterocycles. The molecule has 2 aromatic carbocycles. The number of hydrogen-bond donors (Lipinski definition) is 4. The summed E-state index contributed by atoms with van der Waals surface area (Å²) in [6.07, 6.45) is -0.302. The number of fused-ring (bicyclic) bond motifs is 1. The molecule has 32 heavy (non-hydrogen) atoms. The van der Waals surface area contributed by atoms with Crippen LogP contribution in [0.15, 0.2) is 53.3 Å². The normalized spacial score (nSPS) is 14.8. The van der Waals surface area contributed by atoms with Gasteiger partial charge in [0.2, 0.25) is 17.8 Å². The van der Waals surface area contributed by atoms with Gasteiger partial charge in [0.05, 0.1) is 16.4 Å². The summed E-state index contributed by atoms with van der Waals surface area (Å²) in [7, 11) is 0. The molecular formula is C20H15FN6O5. The van der Waals surface area contributed by atoms with Crippen molar-refractivity contribution in [1.82, 2.24) is 9.97 Å². The highest BCUT2D eigenvalue weighted by Crippen LogP contribution is 2.30. The van der Waals surface area contributed by atoms with Crippen LogP contribution in [0.25, 0.3) is 0 Å². The first kappa shape index (κ1) is 20.7. The van der Waals surface area contributed by atoms with E-state index in [1.807, 2.05) is 0 Å². The van der Waals surface area contributed by atoms with E-state index in [0.29, 0.717) is 5.69 Å². The van der Waals surface area contributed by atoms with Crippen molar-refractivity contribution in [2.75, 3.05) is 16.0 Å². The van der Waals surface area contributed by atoms with E-state index in [1.165, 1.54) is 48.5 Å². The van der Waals surface area contributed by atoms with Crippen molar-refractivity contribution in [3.05, 3.63) is 80.4 Å². The molecule has 2 heterocycles. The van der Waals surface area contributed by atoms with E-state index in [0.717, 1.165) is 0 Å². The standard InChI is InChI=1S/C20H15FN6O5/c21-10-4-6-11(7-5-10)23-20-25-17-16(19(30)26-20)14(9-15(28)24-17)18(29)22-12-2-1-3-13(8-12)27(31)32/h1-8,14H,9H2,(H,22,29)(H3,23,24,25,26,28,30)/t14-/m0/s1. The zero-order valence-electron chi connectivity index (χ0n) is 16.2. The summed E-state index contributed by atoms with van der Waals surface area (Å²) >= 11 is 0. The second-order valence-corrected chi connectivity index (χ2v) is 6.91. The topological polar surface area (TPSA) is 159 Å². The molecule has 162 valence electrons. The SMILES string of the molecule is O=C1C[C@H](C(=O)Nc2cccc([N+](=O)[O-])c2)c2c(nc(Nc3ccc(F)cc3)[nH]c2=O)N1. The predicted octanol–water partition coefficient (Wildman–Crippen LogP) is 2.63. The molecule has 12 heteroatoms. The lowest BCUT2D eigenvalue weighted by Crippen LogP contribution is -2.36. The number of nitro groups is 1. The summed E-state index contributed by atoms with van der Waals surface area (Å²) in [6.45, 7) is 0. The number of carbonyl (C=O) groups excluding carboxylic acids is 2. The van der Waals surface area contributed by atoms with Crippen LogP contribution in [0.4, 0.5) is 33.2 Å². The number of carbonyl (C=O) groups is 2. The number of H-pyrrole nitrogens is 1. The summed E-state index contributed by atoms with van der Waals surface area (Å²) in [5, 5.41) is 18.7. The number of benzene rings is 2. The van der Waals surface area contributed by atoms with Crippen molar-refractivity contribution in [2.45, 2.75) is 12.3 Å². The van der Waals surface area contributed by atoms with Gasteiger partial charge in [-0.3, -0.25) is 29.5 Å². The Morgan fingerprint density at radius 3 is 2.62 bits per heavy atom. The first-order chi connectivity index (χ1) is 15.3. The fourth-order valence-electron chi connectivity index (χ4n) is 3.25. The van der Waals surface area contributed by atoms with Crippen LogP contribution in [0, 0.1) is 15.9 Å². The van der Waals surface area contributed by atoms with Crippen LogP contribution < -0.4 is 21.5 Å².